The molecule has 0 bridgehead atoms. The fourth-order valence-electron chi connectivity index (χ4n) is 2.33. The standard InChI is InChI=1S/C14H16N4O/c1-15-10-4-2-5-11(8-10)18-9-13(17-14(18)19)12-6-3-7-16-12/h2-8,13,15-16H,9H2,1H3,(H,17,19). The fourth-order valence-corrected chi connectivity index (χ4v) is 2.33. The average molecular weight is 256 g/mol. The lowest BCUT2D eigenvalue weighted by atomic mass is 10.2. The van der Waals surface area contributed by atoms with Crippen LogP contribution in [-0.4, -0.2) is 24.6 Å². The summed E-state index contributed by atoms with van der Waals surface area (Å²) >= 11 is 0. The van der Waals surface area contributed by atoms with Gasteiger partial charge in [0, 0.05) is 30.3 Å². The van der Waals surface area contributed by atoms with Gasteiger partial charge < -0.3 is 15.6 Å². The van der Waals surface area contributed by atoms with E-state index < -0.39 is 0 Å². The zero-order chi connectivity index (χ0) is 13.2. The number of benzene rings is 1. The summed E-state index contributed by atoms with van der Waals surface area (Å²) in [7, 11) is 1.87. The number of hydrogen-bond donors (Lipinski definition) is 3. The molecule has 1 atom stereocenters. The van der Waals surface area contributed by atoms with Crippen molar-refractivity contribution in [2.75, 3.05) is 23.8 Å². The molecule has 3 N–H and O–H groups in total. The van der Waals surface area contributed by atoms with E-state index in [1.54, 1.807) is 4.90 Å². The molecule has 0 radical (unpaired) electrons. The molecule has 0 aliphatic carbocycles. The summed E-state index contributed by atoms with van der Waals surface area (Å²) < 4.78 is 0. The summed E-state index contributed by atoms with van der Waals surface area (Å²) in [5.74, 6) is 0. The van der Waals surface area contributed by atoms with Gasteiger partial charge in [-0.2, -0.15) is 0 Å². The molecule has 1 fully saturated rings. The van der Waals surface area contributed by atoms with Crippen molar-refractivity contribution in [1.82, 2.24) is 10.3 Å². The molecule has 0 spiro atoms. The third kappa shape index (κ3) is 2.14. The third-order valence-corrected chi connectivity index (χ3v) is 3.35. The minimum absolute atomic E-state index is 0.0146. The van der Waals surface area contributed by atoms with Crippen LogP contribution in [0.2, 0.25) is 0 Å². The smallest absolute Gasteiger partial charge is 0.322 e. The Morgan fingerprint density at radius 3 is 2.95 bits per heavy atom. The Morgan fingerprint density at radius 1 is 1.32 bits per heavy atom. The number of anilines is 2. The van der Waals surface area contributed by atoms with Crippen molar-refractivity contribution in [3.63, 3.8) is 0 Å². The van der Waals surface area contributed by atoms with E-state index >= 15 is 0 Å². The summed E-state index contributed by atoms with van der Waals surface area (Å²) in [6, 6.07) is 11.7. The Hall–Kier alpha value is -2.43. The lowest BCUT2D eigenvalue weighted by molar-refractivity contribution is 0.251. The third-order valence-electron chi connectivity index (χ3n) is 3.35. The molecule has 0 saturated carbocycles. The number of H-pyrrole nitrogens is 1. The van der Waals surface area contributed by atoms with Crippen LogP contribution in [-0.2, 0) is 0 Å². The van der Waals surface area contributed by atoms with Gasteiger partial charge in [-0.25, -0.2) is 4.79 Å². The van der Waals surface area contributed by atoms with Crippen molar-refractivity contribution in [3.05, 3.63) is 48.3 Å². The van der Waals surface area contributed by atoms with Gasteiger partial charge in [0.25, 0.3) is 0 Å². The quantitative estimate of drug-likeness (QED) is 0.789. The molecule has 3 rings (SSSR count). The van der Waals surface area contributed by atoms with Crippen LogP contribution in [0, 0.1) is 0 Å². The van der Waals surface area contributed by atoms with E-state index in [1.807, 2.05) is 49.6 Å². The van der Waals surface area contributed by atoms with E-state index in [4.69, 9.17) is 0 Å². The van der Waals surface area contributed by atoms with Crippen molar-refractivity contribution in [3.8, 4) is 0 Å². The Balaban J connectivity index is 1.84. The molecule has 1 aliphatic heterocycles. The van der Waals surface area contributed by atoms with E-state index in [2.05, 4.69) is 15.6 Å². The number of urea groups is 1. The molecule has 1 saturated heterocycles. The van der Waals surface area contributed by atoms with Crippen molar-refractivity contribution >= 4 is 17.4 Å². The van der Waals surface area contributed by atoms with Crippen molar-refractivity contribution in [2.45, 2.75) is 6.04 Å². The number of hydrogen-bond acceptors (Lipinski definition) is 2. The Kier molecular flexibility index (Phi) is 2.87. The first kappa shape index (κ1) is 11.6. The Labute approximate surface area is 111 Å². The molecule has 2 aromatic rings. The molecule has 2 amide bonds. The maximum atomic E-state index is 12.1. The van der Waals surface area contributed by atoms with Crippen LogP contribution in [0.25, 0.3) is 0 Å². The van der Waals surface area contributed by atoms with Crippen LogP contribution in [0.15, 0.2) is 42.6 Å². The molecule has 1 unspecified atom stereocenters. The highest BCUT2D eigenvalue weighted by atomic mass is 16.2. The molecule has 19 heavy (non-hydrogen) atoms. The second kappa shape index (κ2) is 4.68. The Bertz CT molecular complexity index is 579. The van der Waals surface area contributed by atoms with Gasteiger partial charge in [0.05, 0.1) is 12.6 Å². The fraction of sp³-hybridized carbons (Fsp3) is 0.214. The molecule has 5 nitrogen and oxygen atoms in total. The topological polar surface area (TPSA) is 60.2 Å². The van der Waals surface area contributed by atoms with Gasteiger partial charge in [0.15, 0.2) is 0 Å². The van der Waals surface area contributed by atoms with Gasteiger partial charge in [0.2, 0.25) is 0 Å². The minimum atomic E-state index is -0.0622. The van der Waals surface area contributed by atoms with Crippen LogP contribution < -0.4 is 15.5 Å². The van der Waals surface area contributed by atoms with Crippen LogP contribution in [0.5, 0.6) is 0 Å². The first-order valence-corrected chi connectivity index (χ1v) is 6.27. The molecular formula is C14H16N4O. The molecule has 2 heterocycles. The second-order valence-electron chi connectivity index (χ2n) is 4.54. The van der Waals surface area contributed by atoms with Gasteiger partial charge in [0.1, 0.15) is 0 Å². The van der Waals surface area contributed by atoms with Gasteiger partial charge in [-0.05, 0) is 30.3 Å². The molecule has 1 aromatic carbocycles. The van der Waals surface area contributed by atoms with Crippen LogP contribution in [0.3, 0.4) is 0 Å². The van der Waals surface area contributed by atoms with E-state index in [-0.39, 0.29) is 12.1 Å². The molecule has 98 valence electrons. The van der Waals surface area contributed by atoms with E-state index in [0.717, 1.165) is 17.1 Å². The predicted molar refractivity (Wildman–Crippen MR) is 75.4 cm³/mol. The maximum absolute atomic E-state index is 12.1. The summed E-state index contributed by atoms with van der Waals surface area (Å²) in [6.45, 7) is 0.631. The number of aromatic nitrogens is 1. The zero-order valence-corrected chi connectivity index (χ0v) is 10.7. The molecule has 5 heteroatoms. The number of amides is 2. The predicted octanol–water partition coefficient (Wildman–Crippen LogP) is 2.33. The van der Waals surface area contributed by atoms with Crippen molar-refractivity contribution in [2.24, 2.45) is 0 Å². The first-order chi connectivity index (χ1) is 9.28. The number of nitrogens with one attached hydrogen (secondary N) is 3. The average Bonchev–Trinajstić information content (AvgIpc) is 3.07. The highest BCUT2D eigenvalue weighted by Gasteiger charge is 2.31. The summed E-state index contributed by atoms with van der Waals surface area (Å²) in [6.07, 6.45) is 1.87. The second-order valence-corrected chi connectivity index (χ2v) is 4.54. The SMILES string of the molecule is CNc1cccc(N2CC(c3ccc[nH]3)NC2=O)c1. The van der Waals surface area contributed by atoms with Crippen LogP contribution in [0.1, 0.15) is 11.7 Å². The monoisotopic (exact) mass is 256 g/mol. The highest BCUT2D eigenvalue weighted by Crippen LogP contribution is 2.26. The number of nitrogens with zero attached hydrogens (tertiary/aromatic N) is 1. The lowest BCUT2D eigenvalue weighted by Crippen LogP contribution is -2.27. The number of carbonyl (C=O) groups is 1. The number of aromatic amines is 1. The number of carbonyl (C=O) groups excluding carboxylic acids is 1. The zero-order valence-electron chi connectivity index (χ0n) is 10.7. The van der Waals surface area contributed by atoms with Crippen LogP contribution in [0.4, 0.5) is 16.2 Å². The molecule has 1 aliphatic rings. The molecule has 1 aromatic heterocycles. The Morgan fingerprint density at radius 2 is 2.21 bits per heavy atom. The van der Waals surface area contributed by atoms with Gasteiger partial charge in [-0.3, -0.25) is 4.90 Å². The normalized spacial score (nSPS) is 18.5. The summed E-state index contributed by atoms with van der Waals surface area (Å²) in [4.78, 5) is 17.0. The van der Waals surface area contributed by atoms with Gasteiger partial charge in [-0.1, -0.05) is 6.07 Å². The van der Waals surface area contributed by atoms with Crippen molar-refractivity contribution < 1.29 is 4.79 Å². The van der Waals surface area contributed by atoms with Gasteiger partial charge >= 0.3 is 6.03 Å². The van der Waals surface area contributed by atoms with E-state index in [9.17, 15) is 4.79 Å². The maximum Gasteiger partial charge on any atom is 0.322 e. The van der Waals surface area contributed by atoms with E-state index in [0.29, 0.717) is 6.54 Å². The lowest BCUT2D eigenvalue weighted by Gasteiger charge is -2.15. The van der Waals surface area contributed by atoms with Gasteiger partial charge in [-0.15, -0.1) is 0 Å². The number of rotatable bonds is 3. The summed E-state index contributed by atoms with van der Waals surface area (Å²) in [5.41, 5.74) is 2.92. The first-order valence-electron chi connectivity index (χ1n) is 6.27. The van der Waals surface area contributed by atoms with Crippen LogP contribution >= 0.6 is 0 Å². The largest absolute Gasteiger partial charge is 0.388 e. The molecular weight excluding hydrogens is 240 g/mol. The summed E-state index contributed by atoms with van der Waals surface area (Å²) in [5, 5.41) is 6.06. The van der Waals surface area contributed by atoms with E-state index in [1.165, 1.54) is 0 Å². The highest BCUT2D eigenvalue weighted by molar-refractivity contribution is 5.95. The minimum Gasteiger partial charge on any atom is -0.388 e. The van der Waals surface area contributed by atoms with Crippen molar-refractivity contribution in [1.29, 1.82) is 0 Å².